The van der Waals surface area contributed by atoms with E-state index in [1.807, 2.05) is 36.5 Å². The quantitative estimate of drug-likeness (QED) is 0.494. The molecule has 3 aliphatic rings. The number of ether oxygens (including phenoxy) is 2. The van der Waals surface area contributed by atoms with Gasteiger partial charge in [-0.15, -0.1) is 0 Å². The summed E-state index contributed by atoms with van der Waals surface area (Å²) in [5.41, 5.74) is 2.99. The molecule has 1 spiro atoms. The van der Waals surface area contributed by atoms with Gasteiger partial charge in [0.15, 0.2) is 0 Å². The van der Waals surface area contributed by atoms with Crippen molar-refractivity contribution >= 4 is 5.91 Å². The number of aromatic nitrogens is 1. The fourth-order valence-electron chi connectivity index (χ4n) is 5.96. The van der Waals surface area contributed by atoms with E-state index in [9.17, 15) is 9.90 Å². The van der Waals surface area contributed by atoms with Gasteiger partial charge in [-0.1, -0.05) is 30.3 Å². The number of rotatable bonds is 9. The maximum Gasteiger partial charge on any atom is 0.218 e. The number of carbonyl (C=O) groups is 1. The lowest BCUT2D eigenvalue weighted by Crippen LogP contribution is -2.52. The first-order valence-corrected chi connectivity index (χ1v) is 13.4. The number of pyridine rings is 1. The summed E-state index contributed by atoms with van der Waals surface area (Å²) in [5, 5.41) is 17.7. The fraction of sp³-hybridized carbons (Fsp3) is 0.586. The second-order valence-corrected chi connectivity index (χ2v) is 11.2. The molecule has 1 aromatic heterocycles. The third kappa shape index (κ3) is 5.74. The molecule has 1 aromatic carbocycles. The standard InChI is InChI=1S/C29H39N3O4/c1-20(33)32-24(15-21-8-4-3-5-9-21)26(34)19-30-25-17-29(11-6-12-29)36-27-23(25)14-22(18-31-27)16-28(2)10-7-13-35-28/h3-5,8-9,14,18,24-26,30,34H,6-7,10-13,15-17,19H2,1-2H3,(H,32,33)/t24-,25-,26+,28+/m0/s1. The van der Waals surface area contributed by atoms with Crippen molar-refractivity contribution < 1.29 is 19.4 Å². The van der Waals surface area contributed by atoms with Crippen LogP contribution in [0.25, 0.3) is 0 Å². The van der Waals surface area contributed by atoms with Crippen LogP contribution in [-0.2, 0) is 22.4 Å². The summed E-state index contributed by atoms with van der Waals surface area (Å²) >= 11 is 0. The van der Waals surface area contributed by atoms with Gasteiger partial charge in [0.05, 0.1) is 17.7 Å². The van der Waals surface area contributed by atoms with Crippen LogP contribution in [0.2, 0.25) is 0 Å². The molecule has 1 aliphatic carbocycles. The lowest BCUT2D eigenvalue weighted by atomic mass is 9.73. The molecule has 7 heteroatoms. The Balaban J connectivity index is 1.31. The second-order valence-electron chi connectivity index (χ2n) is 11.2. The first kappa shape index (κ1) is 25.2. The number of nitrogens with zero attached hydrogens (tertiary/aromatic N) is 1. The highest BCUT2D eigenvalue weighted by Gasteiger charge is 2.46. The molecule has 5 rings (SSSR count). The minimum absolute atomic E-state index is 0.0307. The van der Waals surface area contributed by atoms with Gasteiger partial charge >= 0.3 is 0 Å². The Morgan fingerprint density at radius 3 is 2.67 bits per heavy atom. The molecule has 0 unspecified atom stereocenters. The van der Waals surface area contributed by atoms with Crippen LogP contribution in [0.15, 0.2) is 42.6 Å². The third-order valence-corrected chi connectivity index (χ3v) is 8.07. The molecule has 3 N–H and O–H groups in total. The van der Waals surface area contributed by atoms with Gasteiger partial charge in [-0.25, -0.2) is 4.98 Å². The molecule has 0 bridgehead atoms. The zero-order valence-electron chi connectivity index (χ0n) is 21.5. The molecule has 7 nitrogen and oxygen atoms in total. The molecular weight excluding hydrogens is 454 g/mol. The van der Waals surface area contributed by atoms with Crippen LogP contribution < -0.4 is 15.4 Å². The minimum atomic E-state index is -0.736. The van der Waals surface area contributed by atoms with Crippen LogP contribution >= 0.6 is 0 Å². The number of fused-ring (bicyclic) bond motifs is 1. The molecule has 1 saturated heterocycles. The molecular formula is C29H39N3O4. The third-order valence-electron chi connectivity index (χ3n) is 8.07. The van der Waals surface area contributed by atoms with Crippen molar-refractivity contribution in [2.45, 2.75) is 94.6 Å². The topological polar surface area (TPSA) is 92.7 Å². The molecule has 1 saturated carbocycles. The molecule has 194 valence electrons. The van der Waals surface area contributed by atoms with Crippen molar-refractivity contribution in [1.29, 1.82) is 0 Å². The summed E-state index contributed by atoms with van der Waals surface area (Å²) in [6.45, 7) is 4.86. The van der Waals surface area contributed by atoms with Gasteiger partial charge in [0.25, 0.3) is 0 Å². The molecule has 4 atom stereocenters. The maximum absolute atomic E-state index is 11.9. The van der Waals surface area contributed by atoms with Crippen molar-refractivity contribution in [3.8, 4) is 5.88 Å². The Bertz CT molecular complexity index is 1050. The van der Waals surface area contributed by atoms with Crippen molar-refractivity contribution in [1.82, 2.24) is 15.6 Å². The van der Waals surface area contributed by atoms with E-state index < -0.39 is 6.10 Å². The number of hydrogen-bond donors (Lipinski definition) is 3. The molecule has 1 amide bonds. The normalized spacial score (nSPS) is 25.9. The van der Waals surface area contributed by atoms with Crippen LogP contribution in [0, 0.1) is 0 Å². The van der Waals surface area contributed by atoms with Gasteiger partial charge < -0.3 is 25.2 Å². The number of aliphatic hydroxyl groups is 1. The van der Waals surface area contributed by atoms with E-state index in [2.05, 4.69) is 23.6 Å². The highest BCUT2D eigenvalue weighted by Crippen LogP contribution is 2.48. The number of aliphatic hydroxyl groups excluding tert-OH is 1. The van der Waals surface area contributed by atoms with Crippen LogP contribution in [0.4, 0.5) is 0 Å². The summed E-state index contributed by atoms with van der Waals surface area (Å²) in [5.74, 6) is 0.563. The van der Waals surface area contributed by atoms with Gasteiger partial charge in [-0.2, -0.15) is 0 Å². The lowest BCUT2D eigenvalue weighted by molar-refractivity contribution is -0.120. The van der Waals surface area contributed by atoms with Gasteiger partial charge in [-0.3, -0.25) is 4.79 Å². The first-order chi connectivity index (χ1) is 17.3. The first-order valence-electron chi connectivity index (χ1n) is 13.4. The van der Waals surface area contributed by atoms with Crippen molar-refractivity contribution in [2.24, 2.45) is 0 Å². The number of benzene rings is 1. The Labute approximate surface area is 214 Å². The number of amides is 1. The summed E-state index contributed by atoms with van der Waals surface area (Å²) in [6.07, 6.45) is 8.84. The van der Waals surface area contributed by atoms with E-state index in [1.165, 1.54) is 13.3 Å². The zero-order chi connectivity index (χ0) is 25.2. The molecule has 2 fully saturated rings. The predicted molar refractivity (Wildman–Crippen MR) is 138 cm³/mol. The molecule has 2 aliphatic heterocycles. The monoisotopic (exact) mass is 493 g/mol. The molecule has 0 radical (unpaired) electrons. The zero-order valence-corrected chi connectivity index (χ0v) is 21.5. The van der Waals surface area contributed by atoms with E-state index >= 15 is 0 Å². The maximum atomic E-state index is 11.9. The summed E-state index contributed by atoms with van der Waals surface area (Å²) in [6, 6.07) is 11.8. The van der Waals surface area contributed by atoms with E-state index in [0.29, 0.717) is 18.8 Å². The Hall–Kier alpha value is -2.48. The molecule has 36 heavy (non-hydrogen) atoms. The number of nitrogens with one attached hydrogen (secondary N) is 2. The van der Waals surface area contributed by atoms with Gasteiger partial charge in [0, 0.05) is 50.7 Å². The summed E-state index contributed by atoms with van der Waals surface area (Å²) in [7, 11) is 0. The molecule has 2 aromatic rings. The van der Waals surface area contributed by atoms with Crippen LogP contribution in [-0.4, -0.2) is 52.5 Å². The highest BCUT2D eigenvalue weighted by atomic mass is 16.5. The van der Waals surface area contributed by atoms with Crippen LogP contribution in [0.5, 0.6) is 5.88 Å². The summed E-state index contributed by atoms with van der Waals surface area (Å²) in [4.78, 5) is 16.6. The Morgan fingerprint density at radius 2 is 2.00 bits per heavy atom. The average Bonchev–Trinajstić information content (AvgIpc) is 3.27. The van der Waals surface area contributed by atoms with Crippen LogP contribution in [0.3, 0.4) is 0 Å². The molecule has 3 heterocycles. The number of carbonyl (C=O) groups excluding carboxylic acids is 1. The Kier molecular flexibility index (Phi) is 7.33. The second kappa shape index (κ2) is 10.5. The van der Waals surface area contributed by atoms with Crippen molar-refractivity contribution in [2.75, 3.05) is 13.2 Å². The van der Waals surface area contributed by atoms with Crippen LogP contribution in [0.1, 0.15) is 75.1 Å². The van der Waals surface area contributed by atoms with Gasteiger partial charge in [0.2, 0.25) is 11.8 Å². The SMILES string of the molecule is CC(=O)N[C@@H](Cc1ccccc1)[C@H](O)CN[C@H]1CC2(CCC2)Oc2ncc(C[C@@]3(C)CCCO3)cc21. The van der Waals surface area contributed by atoms with Crippen molar-refractivity contribution in [3.05, 3.63) is 59.3 Å². The smallest absolute Gasteiger partial charge is 0.218 e. The minimum Gasteiger partial charge on any atom is -0.471 e. The Morgan fingerprint density at radius 1 is 1.19 bits per heavy atom. The number of hydrogen-bond acceptors (Lipinski definition) is 6. The fourth-order valence-corrected chi connectivity index (χ4v) is 5.96. The van der Waals surface area contributed by atoms with Gasteiger partial charge in [0.1, 0.15) is 5.60 Å². The van der Waals surface area contributed by atoms with Crippen molar-refractivity contribution in [3.63, 3.8) is 0 Å². The largest absolute Gasteiger partial charge is 0.471 e. The van der Waals surface area contributed by atoms with Gasteiger partial charge in [-0.05, 0) is 62.6 Å². The van der Waals surface area contributed by atoms with E-state index in [1.54, 1.807) is 0 Å². The highest BCUT2D eigenvalue weighted by molar-refractivity contribution is 5.73. The van der Waals surface area contributed by atoms with E-state index in [-0.39, 0.29) is 29.2 Å². The van der Waals surface area contributed by atoms with E-state index in [4.69, 9.17) is 14.5 Å². The predicted octanol–water partition coefficient (Wildman–Crippen LogP) is 3.64. The van der Waals surface area contributed by atoms with E-state index in [0.717, 1.165) is 61.8 Å². The lowest BCUT2D eigenvalue weighted by Gasteiger charge is -2.47. The summed E-state index contributed by atoms with van der Waals surface area (Å²) < 4.78 is 12.4. The average molecular weight is 494 g/mol.